The second-order valence-corrected chi connectivity index (χ2v) is 4.62. The fourth-order valence-electron chi connectivity index (χ4n) is 1.27. The van der Waals surface area contributed by atoms with Gasteiger partial charge in [-0.3, -0.25) is 4.79 Å². The van der Waals surface area contributed by atoms with Crippen molar-refractivity contribution >= 4 is 21.9 Å². The average Bonchev–Trinajstić information content (AvgIpc) is 2.36. The Labute approximate surface area is 110 Å². The average molecular weight is 301 g/mol. The third-order valence-corrected chi connectivity index (χ3v) is 3.38. The molecule has 0 N–H and O–H groups in total. The third-order valence-electron chi connectivity index (χ3n) is 2.27. The van der Waals surface area contributed by atoms with E-state index in [1.54, 1.807) is 0 Å². The predicted octanol–water partition coefficient (Wildman–Crippen LogP) is 2.81. The summed E-state index contributed by atoms with van der Waals surface area (Å²) in [6.45, 7) is 2.76. The lowest BCUT2D eigenvalue weighted by Gasteiger charge is -2.11. The maximum atomic E-state index is 11.1. The lowest BCUT2D eigenvalue weighted by molar-refractivity contribution is -0.139. The van der Waals surface area contributed by atoms with Crippen LogP contribution in [0.25, 0.3) is 0 Å². The standard InChI is InChI=1S/C13H17BrO3/c1-10(8-14)9-17-12-5-3-4-11(6-12)7-13(15)16-2/h3-6,10H,7-9H2,1-2H3. The van der Waals surface area contributed by atoms with Crippen molar-refractivity contribution in [3.05, 3.63) is 29.8 Å². The van der Waals surface area contributed by atoms with Gasteiger partial charge in [0.1, 0.15) is 5.75 Å². The Morgan fingerprint density at radius 1 is 1.47 bits per heavy atom. The molecule has 1 rings (SSSR count). The Balaban J connectivity index is 2.56. The van der Waals surface area contributed by atoms with Crippen LogP contribution < -0.4 is 4.74 Å². The van der Waals surface area contributed by atoms with Crippen molar-refractivity contribution in [3.63, 3.8) is 0 Å². The number of hydrogen-bond acceptors (Lipinski definition) is 3. The van der Waals surface area contributed by atoms with Crippen LogP contribution >= 0.6 is 15.9 Å². The number of esters is 1. The van der Waals surface area contributed by atoms with E-state index in [2.05, 4.69) is 27.6 Å². The van der Waals surface area contributed by atoms with Gasteiger partial charge in [-0.2, -0.15) is 0 Å². The number of carbonyl (C=O) groups excluding carboxylic acids is 1. The van der Waals surface area contributed by atoms with E-state index in [4.69, 9.17) is 4.74 Å². The zero-order valence-electron chi connectivity index (χ0n) is 10.1. The van der Waals surface area contributed by atoms with Crippen LogP contribution in [0, 0.1) is 5.92 Å². The summed E-state index contributed by atoms with van der Waals surface area (Å²) < 4.78 is 10.3. The van der Waals surface area contributed by atoms with E-state index < -0.39 is 0 Å². The molecule has 0 aliphatic heterocycles. The molecule has 0 aliphatic carbocycles. The van der Waals surface area contributed by atoms with Gasteiger partial charge >= 0.3 is 5.97 Å². The molecule has 0 bridgehead atoms. The number of hydrogen-bond donors (Lipinski definition) is 0. The minimum absolute atomic E-state index is 0.240. The minimum atomic E-state index is -0.240. The maximum absolute atomic E-state index is 11.1. The summed E-state index contributed by atoms with van der Waals surface area (Å²) in [6, 6.07) is 7.53. The molecule has 0 saturated carbocycles. The van der Waals surface area contributed by atoms with Gasteiger partial charge in [0.15, 0.2) is 0 Å². The Hall–Kier alpha value is -1.03. The molecule has 17 heavy (non-hydrogen) atoms. The smallest absolute Gasteiger partial charge is 0.309 e. The topological polar surface area (TPSA) is 35.5 Å². The summed E-state index contributed by atoms with van der Waals surface area (Å²) in [5.74, 6) is 1.01. The molecule has 0 fully saturated rings. The van der Waals surface area contributed by atoms with Crippen LogP contribution in [0.1, 0.15) is 12.5 Å². The molecule has 0 heterocycles. The molecule has 1 aromatic carbocycles. The predicted molar refractivity (Wildman–Crippen MR) is 70.6 cm³/mol. The Morgan fingerprint density at radius 2 is 2.24 bits per heavy atom. The number of alkyl halides is 1. The number of carbonyl (C=O) groups is 1. The van der Waals surface area contributed by atoms with Gasteiger partial charge in [0.2, 0.25) is 0 Å². The van der Waals surface area contributed by atoms with Gasteiger partial charge in [0.05, 0.1) is 20.1 Å². The highest BCUT2D eigenvalue weighted by Gasteiger charge is 2.05. The Morgan fingerprint density at radius 3 is 2.88 bits per heavy atom. The van der Waals surface area contributed by atoms with Crippen LogP contribution in [0.2, 0.25) is 0 Å². The third kappa shape index (κ3) is 5.22. The van der Waals surface area contributed by atoms with Gasteiger partial charge in [-0.1, -0.05) is 35.0 Å². The molecule has 0 aliphatic rings. The first-order valence-corrected chi connectivity index (χ1v) is 6.62. The molecule has 0 spiro atoms. The van der Waals surface area contributed by atoms with E-state index >= 15 is 0 Å². The van der Waals surface area contributed by atoms with Crippen LogP contribution in [-0.2, 0) is 16.0 Å². The highest BCUT2D eigenvalue weighted by molar-refractivity contribution is 9.09. The van der Waals surface area contributed by atoms with Crippen molar-refractivity contribution in [3.8, 4) is 5.75 Å². The van der Waals surface area contributed by atoms with Gasteiger partial charge in [0.25, 0.3) is 0 Å². The summed E-state index contributed by atoms with van der Waals surface area (Å²) in [5.41, 5.74) is 0.904. The van der Waals surface area contributed by atoms with Gasteiger partial charge in [-0.25, -0.2) is 0 Å². The first-order valence-electron chi connectivity index (χ1n) is 5.50. The van der Waals surface area contributed by atoms with Crippen LogP contribution in [0.3, 0.4) is 0 Å². The van der Waals surface area contributed by atoms with Crippen molar-refractivity contribution in [2.75, 3.05) is 19.0 Å². The summed E-state index contributed by atoms with van der Waals surface area (Å²) >= 11 is 3.40. The quantitative estimate of drug-likeness (QED) is 0.599. The molecule has 0 aromatic heterocycles. The first kappa shape index (κ1) is 14.0. The van der Waals surface area contributed by atoms with Crippen LogP contribution in [-0.4, -0.2) is 25.0 Å². The van der Waals surface area contributed by atoms with Gasteiger partial charge in [-0.05, 0) is 23.6 Å². The van der Waals surface area contributed by atoms with Crippen molar-refractivity contribution in [2.45, 2.75) is 13.3 Å². The van der Waals surface area contributed by atoms with E-state index in [0.717, 1.165) is 16.6 Å². The van der Waals surface area contributed by atoms with Gasteiger partial charge < -0.3 is 9.47 Å². The molecule has 1 atom stereocenters. The maximum Gasteiger partial charge on any atom is 0.309 e. The van der Waals surface area contributed by atoms with E-state index in [-0.39, 0.29) is 12.4 Å². The van der Waals surface area contributed by atoms with Crippen LogP contribution in [0.4, 0.5) is 0 Å². The fourth-order valence-corrected chi connectivity index (χ4v) is 1.45. The minimum Gasteiger partial charge on any atom is -0.493 e. The van der Waals surface area contributed by atoms with E-state index in [0.29, 0.717) is 12.5 Å². The number of benzene rings is 1. The van der Waals surface area contributed by atoms with Crippen LogP contribution in [0.15, 0.2) is 24.3 Å². The lowest BCUT2D eigenvalue weighted by atomic mass is 10.1. The summed E-state index contributed by atoms with van der Waals surface area (Å²) in [5, 5.41) is 0.912. The zero-order chi connectivity index (χ0) is 12.7. The SMILES string of the molecule is COC(=O)Cc1cccc(OCC(C)CBr)c1. The zero-order valence-corrected chi connectivity index (χ0v) is 11.7. The number of methoxy groups -OCH3 is 1. The summed E-state index contributed by atoms with van der Waals surface area (Å²) in [4.78, 5) is 11.1. The second-order valence-electron chi connectivity index (χ2n) is 3.97. The Kier molecular flexibility index (Phi) is 6.05. The van der Waals surface area contributed by atoms with Crippen molar-refractivity contribution in [1.82, 2.24) is 0 Å². The van der Waals surface area contributed by atoms with E-state index in [1.165, 1.54) is 7.11 Å². The molecule has 0 amide bonds. The lowest BCUT2D eigenvalue weighted by Crippen LogP contribution is -2.10. The highest BCUT2D eigenvalue weighted by atomic mass is 79.9. The number of rotatable bonds is 6. The Bertz CT molecular complexity index is 365. The first-order chi connectivity index (χ1) is 8.15. The van der Waals surface area contributed by atoms with E-state index in [1.807, 2.05) is 24.3 Å². The van der Waals surface area contributed by atoms with E-state index in [9.17, 15) is 4.79 Å². The number of halogens is 1. The summed E-state index contributed by atoms with van der Waals surface area (Å²) in [6.07, 6.45) is 0.279. The van der Waals surface area contributed by atoms with Crippen molar-refractivity contribution in [1.29, 1.82) is 0 Å². The van der Waals surface area contributed by atoms with Gasteiger partial charge in [0, 0.05) is 5.33 Å². The highest BCUT2D eigenvalue weighted by Crippen LogP contribution is 2.15. The summed E-state index contributed by atoms with van der Waals surface area (Å²) in [7, 11) is 1.39. The van der Waals surface area contributed by atoms with Crippen molar-refractivity contribution in [2.24, 2.45) is 5.92 Å². The van der Waals surface area contributed by atoms with Crippen molar-refractivity contribution < 1.29 is 14.3 Å². The molecular weight excluding hydrogens is 284 g/mol. The normalized spacial score (nSPS) is 11.9. The largest absolute Gasteiger partial charge is 0.493 e. The molecule has 0 saturated heterocycles. The monoisotopic (exact) mass is 300 g/mol. The molecular formula is C13H17BrO3. The molecule has 1 aromatic rings. The molecule has 3 nitrogen and oxygen atoms in total. The molecule has 94 valence electrons. The number of ether oxygens (including phenoxy) is 2. The molecule has 4 heteroatoms. The van der Waals surface area contributed by atoms with Gasteiger partial charge in [-0.15, -0.1) is 0 Å². The molecule has 0 radical (unpaired) electrons. The second kappa shape index (κ2) is 7.33. The fraction of sp³-hybridized carbons (Fsp3) is 0.462. The molecule has 1 unspecified atom stereocenters. The van der Waals surface area contributed by atoms with Crippen LogP contribution in [0.5, 0.6) is 5.75 Å².